The predicted molar refractivity (Wildman–Crippen MR) is 163 cm³/mol. The Labute approximate surface area is 248 Å². The molecule has 0 aliphatic carbocycles. The van der Waals surface area contributed by atoms with Crippen molar-refractivity contribution < 1.29 is 12.8 Å². The van der Waals surface area contributed by atoms with Crippen LogP contribution in [-0.4, -0.2) is 34.4 Å². The molecule has 4 aromatic rings. The first-order chi connectivity index (χ1) is 19.1. The van der Waals surface area contributed by atoms with Gasteiger partial charge in [-0.3, -0.25) is 0 Å². The van der Waals surface area contributed by atoms with E-state index in [1.807, 2.05) is 32.9 Å². The van der Waals surface area contributed by atoms with Crippen LogP contribution >= 0.6 is 11.6 Å². The van der Waals surface area contributed by atoms with Crippen molar-refractivity contribution in [1.29, 1.82) is 0 Å². The molecule has 0 N–H and O–H groups in total. The zero-order chi connectivity index (χ0) is 30.9. The number of rotatable bonds is 5. The maximum atomic E-state index is 13.4. The average Bonchev–Trinajstić information content (AvgIpc) is 3.43. The van der Waals surface area contributed by atoms with Crippen molar-refractivity contribution in [2.24, 2.45) is 0 Å². The molecule has 2 aromatic carbocycles. The number of aryl methyl sites for hydroxylation is 1. The minimum atomic E-state index is -3.31. The van der Waals surface area contributed by atoms with Gasteiger partial charge in [0, 0.05) is 17.0 Å². The Kier molecular flexibility index (Phi) is 12.2. The summed E-state index contributed by atoms with van der Waals surface area (Å²) < 4.78 is 37.2. The number of sulfone groups is 1. The van der Waals surface area contributed by atoms with Crippen LogP contribution in [0.1, 0.15) is 81.7 Å². The van der Waals surface area contributed by atoms with Crippen molar-refractivity contribution in [2.75, 3.05) is 6.26 Å². The highest BCUT2D eigenvalue weighted by Crippen LogP contribution is 2.28. The monoisotopic (exact) mass is 597 g/mol. The fourth-order valence-corrected chi connectivity index (χ4v) is 4.91. The Balaban J connectivity index is 0.000000217. The molecule has 0 fully saturated rings. The fraction of sp³-hybridized carbons (Fsp3) is 0.355. The molecule has 0 bridgehead atoms. The maximum absolute atomic E-state index is 13.4. The number of pyridine rings is 1. The summed E-state index contributed by atoms with van der Waals surface area (Å²) in [6, 6.07) is 13.5. The van der Waals surface area contributed by atoms with Crippen molar-refractivity contribution >= 4 is 27.1 Å². The van der Waals surface area contributed by atoms with Crippen LogP contribution in [0, 0.1) is 19.3 Å². The van der Waals surface area contributed by atoms with Crippen LogP contribution in [-0.2, 0) is 9.84 Å². The topological polar surface area (TPSA) is 82.1 Å². The van der Waals surface area contributed by atoms with Gasteiger partial charge in [-0.2, -0.15) is 5.10 Å². The largest absolute Gasteiger partial charge is 0.238 e. The highest BCUT2D eigenvalue weighted by atomic mass is 35.5. The minimum absolute atomic E-state index is 0.0272. The summed E-state index contributed by atoms with van der Waals surface area (Å²) in [5.41, 5.74) is 4.57. The molecule has 0 saturated carbocycles. The third-order valence-corrected chi connectivity index (χ3v) is 7.58. The van der Waals surface area contributed by atoms with Gasteiger partial charge in [-0.1, -0.05) is 77.4 Å². The smallest absolute Gasteiger partial charge is 0.188 e. The van der Waals surface area contributed by atoms with E-state index >= 15 is 0 Å². The van der Waals surface area contributed by atoms with Gasteiger partial charge in [-0.05, 0) is 65.6 Å². The molecule has 41 heavy (non-hydrogen) atoms. The van der Waals surface area contributed by atoms with E-state index < -0.39 is 15.7 Å². The summed E-state index contributed by atoms with van der Waals surface area (Å²) >= 11 is 5.96. The molecule has 2 aromatic heterocycles. The molecule has 0 saturated heterocycles. The van der Waals surface area contributed by atoms with Crippen molar-refractivity contribution in [3.63, 3.8) is 0 Å². The maximum Gasteiger partial charge on any atom is 0.188 e. The minimum Gasteiger partial charge on any atom is -0.238 e. The van der Waals surface area contributed by atoms with Crippen LogP contribution in [0.3, 0.4) is 0 Å². The van der Waals surface area contributed by atoms with E-state index in [1.54, 1.807) is 23.1 Å². The third-order valence-electron chi connectivity index (χ3n) is 6.14. The molecule has 2 heterocycles. The second kappa shape index (κ2) is 14.9. The van der Waals surface area contributed by atoms with E-state index in [1.165, 1.54) is 24.0 Å². The second-order valence-electron chi connectivity index (χ2n) is 10.4. The quantitative estimate of drug-likeness (QED) is 0.215. The summed E-state index contributed by atoms with van der Waals surface area (Å²) in [5, 5.41) is 4.74. The highest BCUT2D eigenvalue weighted by Gasteiger charge is 2.12. The summed E-state index contributed by atoms with van der Waals surface area (Å²) in [7, 11) is -3.31. The fourth-order valence-electron chi connectivity index (χ4n) is 3.88. The number of aromatic nitrogens is 4. The van der Waals surface area contributed by atoms with E-state index in [2.05, 4.69) is 53.7 Å². The first kappa shape index (κ1) is 33.6. The summed E-state index contributed by atoms with van der Waals surface area (Å²) in [5.74, 6) is 1.33. The first-order valence-electron chi connectivity index (χ1n) is 13.1. The van der Waals surface area contributed by atoms with E-state index in [0.717, 1.165) is 29.4 Å². The van der Waals surface area contributed by atoms with Crippen molar-refractivity contribution in [3.05, 3.63) is 106 Å². The van der Waals surface area contributed by atoms with Gasteiger partial charge in [0.2, 0.25) is 0 Å². The number of benzene rings is 2. The number of nitrogens with zero attached hydrogens (tertiary/aromatic N) is 5. The van der Waals surface area contributed by atoms with Crippen molar-refractivity contribution in [2.45, 2.75) is 71.1 Å². The van der Waals surface area contributed by atoms with Crippen LogP contribution in [0.4, 0.5) is 10.1 Å². The third kappa shape index (κ3) is 9.76. The standard InChI is InChI=1S/C11H14N4.C10H10ClN.C10H13FO2S/c1-8(2)10-4-5-11(14-9(10)3)15-7-12-6-13-15;1-7(2)9-5-4-8(12-3)6-10(9)11;1-7(2)9-5-4-8(6-10(9)11)14(3,12)13/h4-8H,1-3H3;4-7H,1-2H3;4-7H,1-3H3. The number of hydrogen-bond donors (Lipinski definition) is 0. The predicted octanol–water partition coefficient (Wildman–Crippen LogP) is 8.46. The zero-order valence-electron chi connectivity index (χ0n) is 24.7. The van der Waals surface area contributed by atoms with Gasteiger partial charge < -0.3 is 0 Å². The first-order valence-corrected chi connectivity index (χ1v) is 15.4. The molecule has 4 rings (SSSR count). The van der Waals surface area contributed by atoms with Crippen LogP contribution in [0.15, 0.2) is 66.1 Å². The Bertz CT molecular complexity index is 1600. The lowest BCUT2D eigenvalue weighted by Gasteiger charge is -2.09. The van der Waals surface area contributed by atoms with Gasteiger partial charge in [0.15, 0.2) is 21.3 Å². The van der Waals surface area contributed by atoms with Crippen LogP contribution in [0.5, 0.6) is 0 Å². The SMILES string of the molecule is CC(C)c1ccc(S(C)(=O)=O)cc1F.Cc1nc(-n2cncn2)ccc1C(C)C.[C-]#[N+]c1ccc(C(C)C)c(Cl)c1. The van der Waals surface area contributed by atoms with Gasteiger partial charge in [0.25, 0.3) is 0 Å². The van der Waals surface area contributed by atoms with E-state index in [-0.39, 0.29) is 10.8 Å². The second-order valence-corrected chi connectivity index (χ2v) is 12.8. The normalized spacial score (nSPS) is 11.0. The van der Waals surface area contributed by atoms with Gasteiger partial charge in [0.1, 0.15) is 18.5 Å². The Hall–Kier alpha value is -3.61. The van der Waals surface area contributed by atoms with Gasteiger partial charge in [0.05, 0.1) is 11.5 Å². The summed E-state index contributed by atoms with van der Waals surface area (Å²) in [6.07, 6.45) is 4.22. The van der Waals surface area contributed by atoms with Gasteiger partial charge >= 0.3 is 0 Å². The Morgan fingerprint density at radius 2 is 1.49 bits per heavy atom. The van der Waals surface area contributed by atoms with E-state index in [0.29, 0.717) is 28.1 Å². The lowest BCUT2D eigenvalue weighted by atomic mass is 10.0. The Morgan fingerprint density at radius 3 is 1.93 bits per heavy atom. The molecule has 0 aliphatic rings. The zero-order valence-corrected chi connectivity index (χ0v) is 26.3. The lowest BCUT2D eigenvalue weighted by molar-refractivity contribution is 0.584. The molecule has 0 radical (unpaired) electrons. The molecule has 10 heteroatoms. The highest BCUT2D eigenvalue weighted by molar-refractivity contribution is 7.90. The van der Waals surface area contributed by atoms with Crippen molar-refractivity contribution in [1.82, 2.24) is 19.7 Å². The van der Waals surface area contributed by atoms with Crippen LogP contribution in [0.2, 0.25) is 5.02 Å². The molecule has 0 aliphatic heterocycles. The van der Waals surface area contributed by atoms with Crippen LogP contribution in [0.25, 0.3) is 10.7 Å². The Morgan fingerprint density at radius 1 is 0.902 bits per heavy atom. The van der Waals surface area contributed by atoms with Crippen molar-refractivity contribution in [3.8, 4) is 5.82 Å². The van der Waals surface area contributed by atoms with E-state index in [9.17, 15) is 12.8 Å². The van der Waals surface area contributed by atoms with Crippen LogP contribution < -0.4 is 0 Å². The molecular weight excluding hydrogens is 561 g/mol. The molecule has 0 atom stereocenters. The van der Waals surface area contributed by atoms with Gasteiger partial charge in [-0.25, -0.2) is 32.3 Å². The number of halogens is 2. The molecule has 0 spiro atoms. The average molecular weight is 598 g/mol. The summed E-state index contributed by atoms with van der Waals surface area (Å²) in [6.45, 7) is 21.0. The molecule has 0 unspecified atom stereocenters. The molecule has 7 nitrogen and oxygen atoms in total. The molecular formula is C31H37ClFN5O2S. The van der Waals surface area contributed by atoms with Gasteiger partial charge in [-0.15, -0.1) is 0 Å². The molecule has 0 amide bonds. The number of hydrogen-bond acceptors (Lipinski definition) is 5. The summed E-state index contributed by atoms with van der Waals surface area (Å²) in [4.78, 5) is 11.7. The molecule has 218 valence electrons. The van der Waals surface area contributed by atoms with E-state index in [4.69, 9.17) is 18.2 Å². The lowest BCUT2D eigenvalue weighted by Crippen LogP contribution is -2.02.